The van der Waals surface area contributed by atoms with Crippen LogP contribution in [-0.4, -0.2) is 34.6 Å². The average molecular weight is 411 g/mol. The number of halogens is 2. The third kappa shape index (κ3) is 5.14. The lowest BCUT2D eigenvalue weighted by Gasteiger charge is -2.34. The zero-order chi connectivity index (χ0) is 19.2. The Kier molecular flexibility index (Phi) is 6.58. The Hall–Kier alpha value is -2.25. The van der Waals surface area contributed by atoms with Gasteiger partial charge in [0.15, 0.2) is 5.82 Å². The number of anilines is 2. The van der Waals surface area contributed by atoms with Crippen molar-refractivity contribution in [1.29, 1.82) is 0 Å². The minimum absolute atomic E-state index is 0.0249. The molecule has 0 bridgehead atoms. The number of carbonyl (C=O) groups is 2. The molecule has 1 aromatic carbocycles. The van der Waals surface area contributed by atoms with Crippen LogP contribution in [0.3, 0.4) is 0 Å². The number of rotatable bonds is 5. The number of carbonyl (C=O) groups excluding carboxylic acids is 2. The lowest BCUT2D eigenvalue weighted by molar-refractivity contribution is -0.117. The van der Waals surface area contributed by atoms with Gasteiger partial charge in [-0.15, -0.1) is 0 Å². The molecule has 1 aliphatic carbocycles. The summed E-state index contributed by atoms with van der Waals surface area (Å²) in [4.78, 5) is 26.9. The first-order chi connectivity index (χ1) is 13.0. The van der Waals surface area contributed by atoms with Gasteiger partial charge in [0, 0.05) is 12.1 Å². The number of nitrogens with zero attached hydrogens (tertiary/aromatic N) is 2. The van der Waals surface area contributed by atoms with Crippen LogP contribution in [-0.2, 0) is 4.79 Å². The van der Waals surface area contributed by atoms with E-state index in [1.165, 1.54) is 17.2 Å². The maximum Gasteiger partial charge on any atom is 0.322 e. The first-order valence-electron chi connectivity index (χ1n) is 8.76. The molecule has 3 rings (SSSR count). The summed E-state index contributed by atoms with van der Waals surface area (Å²) in [6.07, 6.45) is 6.23. The van der Waals surface area contributed by atoms with Crippen molar-refractivity contribution < 1.29 is 14.1 Å². The molecule has 0 atom stereocenters. The summed E-state index contributed by atoms with van der Waals surface area (Å²) in [6, 6.07) is 6.09. The van der Waals surface area contributed by atoms with Gasteiger partial charge in [0.1, 0.15) is 12.8 Å². The van der Waals surface area contributed by atoms with Crippen LogP contribution in [0.1, 0.15) is 32.1 Å². The standard InChI is InChI=1S/C18H20Cl2N4O3/c19-13-7-4-8-14(20)17(13)22-18(26)24(12-5-2-1-3-6-12)11-16(25)21-15-9-10-27-23-15/h4,7-10,12H,1-3,5-6,11H2,(H,22,26)(H,21,23,25). The van der Waals surface area contributed by atoms with Crippen molar-refractivity contribution in [2.24, 2.45) is 0 Å². The Morgan fingerprint density at radius 3 is 2.44 bits per heavy atom. The number of urea groups is 1. The highest BCUT2D eigenvalue weighted by molar-refractivity contribution is 6.39. The first kappa shape index (κ1) is 19.5. The fraction of sp³-hybridized carbons (Fsp3) is 0.389. The zero-order valence-electron chi connectivity index (χ0n) is 14.6. The van der Waals surface area contributed by atoms with E-state index in [9.17, 15) is 9.59 Å². The van der Waals surface area contributed by atoms with E-state index in [0.717, 1.165) is 32.1 Å². The molecule has 9 heteroatoms. The fourth-order valence-corrected chi connectivity index (χ4v) is 3.66. The van der Waals surface area contributed by atoms with Crippen LogP contribution in [0.25, 0.3) is 0 Å². The minimum atomic E-state index is -0.410. The molecule has 0 spiro atoms. The zero-order valence-corrected chi connectivity index (χ0v) is 16.1. The third-order valence-electron chi connectivity index (χ3n) is 4.49. The quantitative estimate of drug-likeness (QED) is 0.741. The summed E-state index contributed by atoms with van der Waals surface area (Å²) in [5, 5.41) is 9.69. The third-order valence-corrected chi connectivity index (χ3v) is 5.12. The second-order valence-corrected chi connectivity index (χ2v) is 7.19. The second-order valence-electron chi connectivity index (χ2n) is 6.38. The van der Waals surface area contributed by atoms with Crippen LogP contribution in [0.4, 0.5) is 16.3 Å². The average Bonchev–Trinajstić information content (AvgIpc) is 3.16. The normalized spacial score (nSPS) is 14.6. The molecule has 0 saturated heterocycles. The van der Waals surface area contributed by atoms with Crippen LogP contribution in [0.2, 0.25) is 10.0 Å². The predicted molar refractivity (Wildman–Crippen MR) is 104 cm³/mol. The van der Waals surface area contributed by atoms with Crippen molar-refractivity contribution in [3.8, 4) is 0 Å². The van der Waals surface area contributed by atoms with E-state index < -0.39 is 6.03 Å². The van der Waals surface area contributed by atoms with E-state index in [2.05, 4.69) is 15.8 Å². The highest BCUT2D eigenvalue weighted by Gasteiger charge is 2.28. The number of benzene rings is 1. The maximum absolute atomic E-state index is 12.9. The molecule has 2 N–H and O–H groups in total. The van der Waals surface area contributed by atoms with Gasteiger partial charge in [-0.25, -0.2) is 4.79 Å². The van der Waals surface area contributed by atoms with Crippen LogP contribution < -0.4 is 10.6 Å². The number of nitrogens with one attached hydrogen (secondary N) is 2. The van der Waals surface area contributed by atoms with E-state index in [0.29, 0.717) is 21.6 Å². The Morgan fingerprint density at radius 2 is 1.81 bits per heavy atom. The van der Waals surface area contributed by atoms with Crippen LogP contribution >= 0.6 is 23.2 Å². The van der Waals surface area contributed by atoms with E-state index in [4.69, 9.17) is 27.7 Å². The van der Waals surface area contributed by atoms with Crippen molar-refractivity contribution in [3.63, 3.8) is 0 Å². The molecule has 1 aromatic heterocycles. The maximum atomic E-state index is 12.9. The predicted octanol–water partition coefficient (Wildman–Crippen LogP) is 4.79. The van der Waals surface area contributed by atoms with Crippen molar-refractivity contribution >= 4 is 46.6 Å². The molecule has 3 amide bonds. The first-order valence-corrected chi connectivity index (χ1v) is 9.52. The summed E-state index contributed by atoms with van der Waals surface area (Å²) in [5.74, 6) is -0.0481. The van der Waals surface area contributed by atoms with Crippen LogP contribution in [0, 0.1) is 0 Å². The van der Waals surface area contributed by atoms with Crippen molar-refractivity contribution in [2.45, 2.75) is 38.1 Å². The Labute approximate surface area is 167 Å². The molecule has 1 saturated carbocycles. The number of hydrogen-bond donors (Lipinski definition) is 2. The second kappa shape index (κ2) is 9.10. The molecular formula is C18H20Cl2N4O3. The van der Waals surface area contributed by atoms with Crippen LogP contribution in [0.5, 0.6) is 0 Å². The molecule has 0 aliphatic heterocycles. The smallest absolute Gasteiger partial charge is 0.322 e. The lowest BCUT2D eigenvalue weighted by atomic mass is 9.94. The highest BCUT2D eigenvalue weighted by atomic mass is 35.5. The van der Waals surface area contributed by atoms with E-state index in [-0.39, 0.29) is 18.5 Å². The molecule has 1 heterocycles. The summed E-state index contributed by atoms with van der Waals surface area (Å²) >= 11 is 12.3. The lowest BCUT2D eigenvalue weighted by Crippen LogP contribution is -2.47. The fourth-order valence-electron chi connectivity index (χ4n) is 3.17. The summed E-state index contributed by atoms with van der Waals surface area (Å²) in [5.41, 5.74) is 0.337. The van der Waals surface area contributed by atoms with Gasteiger partial charge in [-0.05, 0) is 25.0 Å². The monoisotopic (exact) mass is 410 g/mol. The molecule has 1 aliphatic rings. The van der Waals surface area contributed by atoms with Crippen molar-refractivity contribution in [2.75, 3.05) is 17.2 Å². The van der Waals surface area contributed by atoms with Gasteiger partial charge in [0.05, 0.1) is 15.7 Å². The van der Waals surface area contributed by atoms with E-state index >= 15 is 0 Å². The van der Waals surface area contributed by atoms with E-state index in [1.54, 1.807) is 18.2 Å². The van der Waals surface area contributed by atoms with Gasteiger partial charge in [0.2, 0.25) is 5.91 Å². The highest BCUT2D eigenvalue weighted by Crippen LogP contribution is 2.31. The van der Waals surface area contributed by atoms with Crippen LogP contribution in [0.15, 0.2) is 35.1 Å². The van der Waals surface area contributed by atoms with Gasteiger partial charge >= 0.3 is 6.03 Å². The van der Waals surface area contributed by atoms with Gasteiger partial charge in [-0.2, -0.15) is 0 Å². The number of para-hydroxylation sites is 1. The Morgan fingerprint density at radius 1 is 1.11 bits per heavy atom. The SMILES string of the molecule is O=C(CN(C(=O)Nc1c(Cl)cccc1Cl)C1CCCCC1)Nc1ccon1. The van der Waals surface area contributed by atoms with Crippen molar-refractivity contribution in [3.05, 3.63) is 40.6 Å². The van der Waals surface area contributed by atoms with Crippen molar-refractivity contribution in [1.82, 2.24) is 10.1 Å². The molecule has 0 unspecified atom stereocenters. The molecule has 7 nitrogen and oxygen atoms in total. The van der Waals surface area contributed by atoms with Gasteiger partial charge in [-0.3, -0.25) is 4.79 Å². The molecular weight excluding hydrogens is 391 g/mol. The number of amides is 3. The minimum Gasteiger partial charge on any atom is -0.363 e. The number of hydrogen-bond acceptors (Lipinski definition) is 4. The summed E-state index contributed by atoms with van der Waals surface area (Å²) in [6.45, 7) is -0.106. The van der Waals surface area contributed by atoms with Gasteiger partial charge in [-0.1, -0.05) is 53.7 Å². The largest absolute Gasteiger partial charge is 0.363 e. The van der Waals surface area contributed by atoms with Gasteiger partial charge in [0.25, 0.3) is 0 Å². The van der Waals surface area contributed by atoms with E-state index in [1.807, 2.05) is 0 Å². The van der Waals surface area contributed by atoms with Gasteiger partial charge < -0.3 is 20.1 Å². The molecule has 27 heavy (non-hydrogen) atoms. The molecule has 0 radical (unpaired) electrons. The molecule has 144 valence electrons. The Balaban J connectivity index is 1.74. The Bertz CT molecular complexity index is 772. The topological polar surface area (TPSA) is 87.5 Å². The summed E-state index contributed by atoms with van der Waals surface area (Å²) < 4.78 is 4.70. The summed E-state index contributed by atoms with van der Waals surface area (Å²) in [7, 11) is 0. The number of aromatic nitrogens is 1. The molecule has 1 fully saturated rings. The molecule has 2 aromatic rings.